The minimum atomic E-state index is -2.65. The van der Waals surface area contributed by atoms with Crippen LogP contribution in [0.5, 0.6) is 0 Å². The van der Waals surface area contributed by atoms with Crippen LogP contribution in [0, 0.1) is 11.6 Å². The van der Waals surface area contributed by atoms with Crippen molar-refractivity contribution in [3.63, 3.8) is 0 Å². The van der Waals surface area contributed by atoms with E-state index in [-0.39, 0.29) is 48.5 Å². The monoisotopic (exact) mass is 325 g/mol. The molecule has 1 aliphatic carbocycles. The van der Waals surface area contributed by atoms with Gasteiger partial charge in [-0.25, -0.2) is 27.5 Å². The lowest BCUT2D eigenvalue weighted by Crippen LogP contribution is -2.24. The van der Waals surface area contributed by atoms with Gasteiger partial charge >= 0.3 is 0 Å². The molecule has 1 aromatic heterocycles. The van der Waals surface area contributed by atoms with E-state index in [1.165, 1.54) is 6.20 Å². The first kappa shape index (κ1) is 15.7. The van der Waals surface area contributed by atoms with Gasteiger partial charge in [-0.05, 0) is 31.0 Å². The Morgan fingerprint density at radius 2 is 1.83 bits per heavy atom. The molecule has 0 saturated heterocycles. The Hall–Kier alpha value is -2.18. The Kier molecular flexibility index (Phi) is 3.95. The number of halogens is 4. The van der Waals surface area contributed by atoms with Crippen molar-refractivity contribution in [2.45, 2.75) is 37.5 Å². The standard InChI is InChI=1S/C16H15F4N3/c17-10-1-2-12(18)11(7-10)14-13(21)8-22-15(23-14)9-3-5-16(19,20)6-4-9/h1-2,7-9H,3-6,21H2. The van der Waals surface area contributed by atoms with Crippen molar-refractivity contribution < 1.29 is 17.6 Å². The van der Waals surface area contributed by atoms with Gasteiger partial charge in [-0.2, -0.15) is 0 Å². The van der Waals surface area contributed by atoms with Crippen LogP contribution in [0.2, 0.25) is 0 Å². The van der Waals surface area contributed by atoms with E-state index in [1.807, 2.05) is 0 Å². The number of alkyl halides is 2. The van der Waals surface area contributed by atoms with Crippen LogP contribution in [0.3, 0.4) is 0 Å². The normalized spacial score (nSPS) is 18.1. The van der Waals surface area contributed by atoms with Crippen LogP contribution in [0.4, 0.5) is 23.2 Å². The highest BCUT2D eigenvalue weighted by Gasteiger charge is 2.36. The van der Waals surface area contributed by atoms with Crippen molar-refractivity contribution in [3.05, 3.63) is 41.9 Å². The third-order valence-electron chi connectivity index (χ3n) is 4.10. The lowest BCUT2D eigenvalue weighted by Gasteiger charge is -2.27. The largest absolute Gasteiger partial charge is 0.396 e. The third kappa shape index (κ3) is 3.28. The second-order valence-electron chi connectivity index (χ2n) is 5.79. The van der Waals surface area contributed by atoms with Gasteiger partial charge in [0, 0.05) is 24.3 Å². The maximum Gasteiger partial charge on any atom is 0.248 e. The van der Waals surface area contributed by atoms with Crippen LogP contribution in [0.15, 0.2) is 24.4 Å². The van der Waals surface area contributed by atoms with E-state index in [9.17, 15) is 17.6 Å². The van der Waals surface area contributed by atoms with Gasteiger partial charge in [0.15, 0.2) is 0 Å². The molecule has 1 fully saturated rings. The minimum absolute atomic E-state index is 0.0627. The Bertz CT molecular complexity index is 723. The molecule has 0 radical (unpaired) electrons. The molecule has 0 spiro atoms. The van der Waals surface area contributed by atoms with E-state index >= 15 is 0 Å². The molecule has 1 aromatic carbocycles. The SMILES string of the molecule is Nc1cnc(C2CCC(F)(F)CC2)nc1-c1cc(F)ccc1F. The molecule has 0 bridgehead atoms. The molecule has 1 aliphatic rings. The van der Waals surface area contributed by atoms with Gasteiger partial charge in [-0.1, -0.05) is 0 Å². The first-order chi connectivity index (χ1) is 10.9. The number of hydrogen-bond acceptors (Lipinski definition) is 3. The van der Waals surface area contributed by atoms with Crippen LogP contribution in [-0.2, 0) is 0 Å². The number of nitrogens with zero attached hydrogens (tertiary/aromatic N) is 2. The summed E-state index contributed by atoms with van der Waals surface area (Å²) in [7, 11) is 0. The summed E-state index contributed by atoms with van der Waals surface area (Å²) in [5.74, 6) is -3.81. The second-order valence-corrected chi connectivity index (χ2v) is 5.79. The number of nitrogen functional groups attached to an aromatic ring is 1. The average Bonchev–Trinajstić information content (AvgIpc) is 2.51. The van der Waals surface area contributed by atoms with Crippen molar-refractivity contribution in [3.8, 4) is 11.3 Å². The van der Waals surface area contributed by atoms with E-state index in [1.54, 1.807) is 0 Å². The zero-order valence-corrected chi connectivity index (χ0v) is 12.2. The minimum Gasteiger partial charge on any atom is -0.396 e. The fourth-order valence-electron chi connectivity index (χ4n) is 2.79. The zero-order chi connectivity index (χ0) is 16.6. The summed E-state index contributed by atoms with van der Waals surface area (Å²) in [5.41, 5.74) is 5.91. The zero-order valence-electron chi connectivity index (χ0n) is 12.2. The Balaban J connectivity index is 1.95. The van der Waals surface area contributed by atoms with Crippen molar-refractivity contribution in [2.75, 3.05) is 5.73 Å². The first-order valence-electron chi connectivity index (χ1n) is 7.31. The maximum atomic E-state index is 13.9. The van der Waals surface area contributed by atoms with E-state index in [2.05, 4.69) is 9.97 Å². The maximum absolute atomic E-state index is 13.9. The van der Waals surface area contributed by atoms with Crippen molar-refractivity contribution >= 4 is 5.69 Å². The average molecular weight is 325 g/mol. The van der Waals surface area contributed by atoms with E-state index in [0.717, 1.165) is 18.2 Å². The molecule has 7 heteroatoms. The highest BCUT2D eigenvalue weighted by Crippen LogP contribution is 2.40. The van der Waals surface area contributed by atoms with Crippen LogP contribution in [0.25, 0.3) is 11.3 Å². The third-order valence-corrected chi connectivity index (χ3v) is 4.10. The molecule has 2 N–H and O–H groups in total. The molecule has 0 aliphatic heterocycles. The van der Waals surface area contributed by atoms with Gasteiger partial charge in [0.2, 0.25) is 5.92 Å². The second kappa shape index (κ2) is 5.79. The molecular weight excluding hydrogens is 310 g/mol. The van der Waals surface area contributed by atoms with Crippen LogP contribution >= 0.6 is 0 Å². The molecule has 3 nitrogen and oxygen atoms in total. The highest BCUT2D eigenvalue weighted by molar-refractivity contribution is 5.72. The van der Waals surface area contributed by atoms with E-state index in [0.29, 0.717) is 5.82 Å². The van der Waals surface area contributed by atoms with Crippen LogP contribution in [-0.4, -0.2) is 15.9 Å². The number of aromatic nitrogens is 2. The van der Waals surface area contributed by atoms with Crippen LogP contribution in [0.1, 0.15) is 37.4 Å². The quantitative estimate of drug-likeness (QED) is 0.838. The first-order valence-corrected chi connectivity index (χ1v) is 7.31. The van der Waals surface area contributed by atoms with Gasteiger partial charge < -0.3 is 5.73 Å². The summed E-state index contributed by atoms with van der Waals surface area (Å²) in [6, 6.07) is 3.00. The molecule has 1 saturated carbocycles. The smallest absolute Gasteiger partial charge is 0.248 e. The summed E-state index contributed by atoms with van der Waals surface area (Å²) in [6.07, 6.45) is 1.36. The van der Waals surface area contributed by atoms with E-state index in [4.69, 9.17) is 5.73 Å². The van der Waals surface area contributed by atoms with Crippen molar-refractivity contribution in [1.82, 2.24) is 9.97 Å². The molecule has 0 unspecified atom stereocenters. The Morgan fingerprint density at radius 1 is 1.13 bits per heavy atom. The Morgan fingerprint density at radius 3 is 2.52 bits per heavy atom. The molecular formula is C16H15F4N3. The molecule has 1 heterocycles. The van der Waals surface area contributed by atoms with Crippen molar-refractivity contribution in [1.29, 1.82) is 0 Å². The topological polar surface area (TPSA) is 51.8 Å². The van der Waals surface area contributed by atoms with E-state index < -0.39 is 17.6 Å². The molecule has 0 amide bonds. The van der Waals surface area contributed by atoms with Crippen LogP contribution < -0.4 is 5.73 Å². The molecule has 3 rings (SSSR count). The lowest BCUT2D eigenvalue weighted by atomic mass is 9.86. The highest BCUT2D eigenvalue weighted by atomic mass is 19.3. The van der Waals surface area contributed by atoms with Gasteiger partial charge in [-0.15, -0.1) is 0 Å². The fourth-order valence-corrected chi connectivity index (χ4v) is 2.79. The fraction of sp³-hybridized carbons (Fsp3) is 0.375. The Labute approximate surface area is 130 Å². The van der Waals surface area contributed by atoms with Gasteiger partial charge in [0.1, 0.15) is 17.5 Å². The number of hydrogen-bond donors (Lipinski definition) is 1. The summed E-state index contributed by atoms with van der Waals surface area (Å²) >= 11 is 0. The number of rotatable bonds is 2. The lowest BCUT2D eigenvalue weighted by molar-refractivity contribution is -0.0387. The van der Waals surface area contributed by atoms with Gasteiger partial charge in [-0.3, -0.25) is 0 Å². The predicted molar refractivity (Wildman–Crippen MR) is 78.0 cm³/mol. The predicted octanol–water partition coefficient (Wildman–Crippen LogP) is 4.30. The summed E-state index contributed by atoms with van der Waals surface area (Å²) in [4.78, 5) is 8.32. The molecule has 122 valence electrons. The summed E-state index contributed by atoms with van der Waals surface area (Å²) < 4.78 is 53.8. The number of nitrogens with two attached hydrogens (primary N) is 1. The molecule has 23 heavy (non-hydrogen) atoms. The number of benzene rings is 1. The summed E-state index contributed by atoms with van der Waals surface area (Å²) in [5, 5.41) is 0. The summed E-state index contributed by atoms with van der Waals surface area (Å²) in [6.45, 7) is 0. The van der Waals surface area contributed by atoms with Gasteiger partial charge in [0.25, 0.3) is 0 Å². The van der Waals surface area contributed by atoms with Crippen molar-refractivity contribution in [2.24, 2.45) is 0 Å². The number of anilines is 1. The molecule has 0 atom stereocenters. The molecule has 2 aromatic rings. The van der Waals surface area contributed by atoms with Gasteiger partial charge in [0.05, 0.1) is 17.6 Å².